The van der Waals surface area contributed by atoms with Crippen LogP contribution in [0.2, 0.25) is 0 Å². The van der Waals surface area contributed by atoms with Gasteiger partial charge in [-0.05, 0) is 141 Å². The highest BCUT2D eigenvalue weighted by Gasteiger charge is 2.30. The maximum absolute atomic E-state index is 13.2. The molecule has 10 rings (SSSR count). The Bertz CT molecular complexity index is 2890. The zero-order valence-electron chi connectivity index (χ0n) is 42.8. The lowest BCUT2D eigenvalue weighted by Gasteiger charge is -2.33. The van der Waals surface area contributed by atoms with E-state index in [1.54, 1.807) is 0 Å². The minimum atomic E-state index is -0.835. The molecule has 2 aromatic heterocycles. The average Bonchev–Trinajstić information content (AvgIpc) is 4.05. The van der Waals surface area contributed by atoms with Crippen molar-refractivity contribution < 1.29 is 34.1 Å². The van der Waals surface area contributed by atoms with Crippen LogP contribution in [0.3, 0.4) is 0 Å². The van der Waals surface area contributed by atoms with Gasteiger partial charge in [0.25, 0.3) is 0 Å². The summed E-state index contributed by atoms with van der Waals surface area (Å²) < 4.78 is 8.75. The number of aliphatic carboxylic acids is 2. The van der Waals surface area contributed by atoms with Gasteiger partial charge in [0.2, 0.25) is 5.91 Å². The number of esters is 1. The molecule has 2 unspecified atom stereocenters. The number of carbonyl (C=O) groups is 4. The predicted octanol–water partition coefficient (Wildman–Crippen LogP) is 10.9. The summed E-state index contributed by atoms with van der Waals surface area (Å²) in [6.45, 7) is 12.9. The number of ether oxygens (including phenoxy) is 1. The number of amides is 1. The van der Waals surface area contributed by atoms with E-state index in [4.69, 9.17) is 9.84 Å². The summed E-state index contributed by atoms with van der Waals surface area (Å²) in [5.74, 6) is -1.58. The van der Waals surface area contributed by atoms with Gasteiger partial charge in [-0.15, -0.1) is 10.2 Å². The summed E-state index contributed by atoms with van der Waals surface area (Å²) in [5, 5.41) is 39.0. The van der Waals surface area contributed by atoms with Gasteiger partial charge in [0.15, 0.2) is 0 Å². The number of hydrogen-bond donors (Lipinski definition) is 3. The number of carboxylic acid groups (broad SMARTS) is 2. The van der Waals surface area contributed by atoms with Crippen molar-refractivity contribution in [3.05, 3.63) is 116 Å². The van der Waals surface area contributed by atoms with Crippen molar-refractivity contribution in [3.63, 3.8) is 0 Å². The fraction of sp³-hybridized carbons (Fsp3) is 0.525. The number of carboxylic acids is 2. The fourth-order valence-corrected chi connectivity index (χ4v) is 11.5. The standard InChI is InChI=1S/C28H34N4O3.C22H26N4O2.C7H12O2.2CH4/c1-3-32-25-12-11-23(18(2)27(25)29-30-32)24(16-26(33)34)21-10-9-19-13-14-31(17-22(19)15-21)28(35)20-7-5-4-6-8-20;1-4-26-20-8-7-18(14(2)22(20)24-25-26)19(12-21(27)28-3)16-6-5-15-9-10-23-13-17(15)11-16;8-7(9)6-4-2-1-3-5-6;;/h9-12,15,20,24H,3-8,13-14,16-17H2,1-2H3,(H,33,34);5-8,11,19,23H,4,9-10,12-13H2,1-3H3;6H,1-5H2,(H,8,9);2*1H4. The fourth-order valence-electron chi connectivity index (χ4n) is 11.5. The van der Waals surface area contributed by atoms with Crippen molar-refractivity contribution in [1.82, 2.24) is 40.2 Å². The Balaban J connectivity index is 0.000000205. The SMILES string of the molecule is C.C.CCn1nnc2c(C)c(C(CC(=O)O)c3ccc4c(c3)CN(C(=O)C3CCCCC3)CC4)ccc21.CCn1nnc2c(C)c(C(CC(=O)OC)c3ccc4c(c3)CNCC4)ccc21.O=C(O)C1CCCCC1. The third-order valence-corrected chi connectivity index (χ3v) is 15.7. The largest absolute Gasteiger partial charge is 0.481 e. The van der Waals surface area contributed by atoms with Crippen LogP contribution in [0.25, 0.3) is 22.1 Å². The lowest BCUT2D eigenvalue weighted by molar-refractivity contribution is -0.143. The smallest absolute Gasteiger partial charge is 0.306 e. The molecule has 6 aromatic rings. The molecule has 4 aliphatic rings. The molecule has 0 radical (unpaired) electrons. The minimum absolute atomic E-state index is 0. The third kappa shape index (κ3) is 12.9. The molecule has 3 N–H and O–H groups in total. The monoisotopic (exact) mass is 1010 g/mol. The molecule has 2 atom stereocenters. The molecule has 0 saturated heterocycles. The highest BCUT2D eigenvalue weighted by Crippen LogP contribution is 2.37. The van der Waals surface area contributed by atoms with E-state index in [2.05, 4.69) is 88.3 Å². The number of methoxy groups -OCH3 is 1. The van der Waals surface area contributed by atoms with Crippen molar-refractivity contribution in [1.29, 1.82) is 0 Å². The number of rotatable bonds is 12. The molecule has 2 fully saturated rings. The van der Waals surface area contributed by atoms with Gasteiger partial charge in [0.05, 0.1) is 36.9 Å². The molecular weight excluding hydrogens is 933 g/mol. The van der Waals surface area contributed by atoms with Crippen molar-refractivity contribution >= 4 is 45.9 Å². The van der Waals surface area contributed by atoms with Gasteiger partial charge in [0.1, 0.15) is 11.0 Å². The van der Waals surface area contributed by atoms with Crippen LogP contribution >= 0.6 is 0 Å². The van der Waals surface area contributed by atoms with Crippen LogP contribution in [-0.2, 0) is 62.9 Å². The Labute approximate surface area is 437 Å². The topological polar surface area (TPSA) is 195 Å². The maximum atomic E-state index is 13.2. The Hall–Kier alpha value is -6.48. The van der Waals surface area contributed by atoms with E-state index in [0.717, 1.165) is 158 Å². The lowest BCUT2D eigenvalue weighted by atomic mass is 9.83. The van der Waals surface area contributed by atoms with Gasteiger partial charge in [0, 0.05) is 50.5 Å². The molecule has 0 spiro atoms. The third-order valence-electron chi connectivity index (χ3n) is 15.7. The van der Waals surface area contributed by atoms with Gasteiger partial charge >= 0.3 is 17.9 Å². The molecule has 2 aliphatic heterocycles. The van der Waals surface area contributed by atoms with Crippen molar-refractivity contribution in [3.8, 4) is 0 Å². The van der Waals surface area contributed by atoms with Gasteiger partial charge in [-0.1, -0.05) is 112 Å². The maximum Gasteiger partial charge on any atom is 0.306 e. The summed E-state index contributed by atoms with van der Waals surface area (Å²) in [5.41, 5.74) is 15.0. The second kappa shape index (κ2) is 26.1. The highest BCUT2D eigenvalue weighted by molar-refractivity contribution is 5.82. The molecule has 2 saturated carbocycles. The zero-order valence-corrected chi connectivity index (χ0v) is 42.8. The number of nitrogens with one attached hydrogen (secondary N) is 1. The van der Waals surface area contributed by atoms with Crippen LogP contribution in [0.15, 0.2) is 60.7 Å². The number of aryl methyl sites for hydroxylation is 4. The van der Waals surface area contributed by atoms with Gasteiger partial charge in [-0.3, -0.25) is 19.2 Å². The van der Waals surface area contributed by atoms with Crippen LogP contribution in [0.1, 0.15) is 173 Å². The first-order valence-corrected chi connectivity index (χ1v) is 26.3. The quantitative estimate of drug-likeness (QED) is 0.0983. The Morgan fingerprint density at radius 3 is 1.68 bits per heavy atom. The molecule has 15 heteroatoms. The van der Waals surface area contributed by atoms with Crippen molar-refractivity contribution in [2.75, 3.05) is 20.2 Å². The number of benzene rings is 4. The normalized spacial score (nSPS) is 16.4. The van der Waals surface area contributed by atoms with Crippen LogP contribution in [-0.4, -0.2) is 89.1 Å². The summed E-state index contributed by atoms with van der Waals surface area (Å²) in [7, 11) is 1.44. The summed E-state index contributed by atoms with van der Waals surface area (Å²) in [6, 6.07) is 21.1. The number of hydrogen-bond acceptors (Lipinski definition) is 10. The van der Waals surface area contributed by atoms with E-state index >= 15 is 0 Å². The Kier molecular flexibility index (Phi) is 20.1. The average molecular weight is 1010 g/mol. The summed E-state index contributed by atoms with van der Waals surface area (Å²) >= 11 is 0. The molecule has 4 aromatic carbocycles. The van der Waals surface area contributed by atoms with Crippen molar-refractivity contribution in [2.45, 2.75) is 170 Å². The predicted molar refractivity (Wildman–Crippen MR) is 290 cm³/mol. The first-order chi connectivity index (χ1) is 34.9. The van der Waals surface area contributed by atoms with E-state index in [9.17, 15) is 24.3 Å². The molecule has 0 bridgehead atoms. The van der Waals surface area contributed by atoms with E-state index < -0.39 is 11.9 Å². The number of aromatic nitrogens is 6. The minimum Gasteiger partial charge on any atom is -0.481 e. The summed E-state index contributed by atoms with van der Waals surface area (Å²) in [6.07, 6.45) is 13.0. The van der Waals surface area contributed by atoms with Crippen LogP contribution in [0.4, 0.5) is 0 Å². The first-order valence-electron chi connectivity index (χ1n) is 26.3. The molecule has 15 nitrogen and oxygen atoms in total. The second-order valence-corrected chi connectivity index (χ2v) is 20.1. The summed E-state index contributed by atoms with van der Waals surface area (Å²) in [4.78, 5) is 49.7. The van der Waals surface area contributed by atoms with Crippen LogP contribution < -0.4 is 5.32 Å². The first kappa shape index (κ1) is 56.8. The molecular formula is C59H80N8O7. The van der Waals surface area contributed by atoms with E-state index in [0.29, 0.717) is 18.9 Å². The van der Waals surface area contributed by atoms with E-state index in [1.165, 1.54) is 36.6 Å². The van der Waals surface area contributed by atoms with Gasteiger partial charge in [-0.2, -0.15) is 0 Å². The van der Waals surface area contributed by atoms with Crippen LogP contribution in [0, 0.1) is 25.7 Å². The molecule has 74 heavy (non-hydrogen) atoms. The molecule has 1 amide bonds. The van der Waals surface area contributed by atoms with E-state index in [-0.39, 0.29) is 50.9 Å². The van der Waals surface area contributed by atoms with E-state index in [1.807, 2.05) is 40.2 Å². The number of carbonyl (C=O) groups excluding carboxylic acids is 2. The van der Waals surface area contributed by atoms with Crippen LogP contribution in [0.5, 0.6) is 0 Å². The molecule has 398 valence electrons. The Morgan fingerprint density at radius 2 is 1.18 bits per heavy atom. The molecule has 2 aliphatic carbocycles. The highest BCUT2D eigenvalue weighted by atomic mass is 16.5. The molecule has 4 heterocycles. The number of fused-ring (bicyclic) bond motifs is 4. The van der Waals surface area contributed by atoms with Gasteiger partial charge in [-0.25, -0.2) is 9.36 Å². The zero-order chi connectivity index (χ0) is 50.9. The van der Waals surface area contributed by atoms with Gasteiger partial charge < -0.3 is 25.2 Å². The lowest BCUT2D eigenvalue weighted by Crippen LogP contribution is -2.40. The van der Waals surface area contributed by atoms with Crippen molar-refractivity contribution in [2.24, 2.45) is 11.8 Å². The second-order valence-electron chi connectivity index (χ2n) is 20.1. The Morgan fingerprint density at radius 1 is 0.662 bits per heavy atom. The number of nitrogens with zero attached hydrogens (tertiary/aromatic N) is 7.